The Kier molecular flexibility index (Phi) is 4.13. The minimum atomic E-state index is -0.366. The molecule has 0 saturated carbocycles. The third kappa shape index (κ3) is 3.13. The summed E-state index contributed by atoms with van der Waals surface area (Å²) in [6.45, 7) is 2.19. The van der Waals surface area contributed by atoms with Crippen LogP contribution in [-0.2, 0) is 6.42 Å². The standard InChI is InChI=1S/C15H17N5O2/c1-2-3-4-5-10-6-8-11(9-7-10)16-14-15(21)18-13-12(17-14)19-22-20-13/h6-9H,2-5H2,1H3,(H,16,17,19)(H,18,20,21). The summed E-state index contributed by atoms with van der Waals surface area (Å²) in [7, 11) is 0. The Morgan fingerprint density at radius 3 is 2.77 bits per heavy atom. The lowest BCUT2D eigenvalue weighted by Crippen LogP contribution is -2.13. The number of nitrogens with one attached hydrogen (secondary N) is 2. The molecule has 0 spiro atoms. The Hall–Kier alpha value is -2.70. The first-order valence-electron chi connectivity index (χ1n) is 7.35. The van der Waals surface area contributed by atoms with Gasteiger partial charge in [0.1, 0.15) is 0 Å². The molecule has 0 fully saturated rings. The first-order chi connectivity index (χ1) is 10.8. The SMILES string of the molecule is CCCCCc1ccc(Nc2nc3nonc3[nH]c2=O)cc1. The number of fused-ring (bicyclic) bond motifs is 1. The fourth-order valence-electron chi connectivity index (χ4n) is 2.21. The quantitative estimate of drug-likeness (QED) is 0.679. The van der Waals surface area contributed by atoms with Crippen molar-refractivity contribution in [2.75, 3.05) is 5.32 Å². The summed E-state index contributed by atoms with van der Waals surface area (Å²) in [4.78, 5) is 18.5. The van der Waals surface area contributed by atoms with Gasteiger partial charge in [-0.15, -0.1) is 0 Å². The number of unbranched alkanes of at least 4 members (excludes halogenated alkanes) is 2. The zero-order chi connectivity index (χ0) is 15.4. The van der Waals surface area contributed by atoms with Gasteiger partial charge in [0.05, 0.1) is 0 Å². The molecule has 0 atom stereocenters. The van der Waals surface area contributed by atoms with E-state index in [-0.39, 0.29) is 22.7 Å². The highest BCUT2D eigenvalue weighted by molar-refractivity contribution is 5.67. The van der Waals surface area contributed by atoms with E-state index in [1.54, 1.807) is 0 Å². The van der Waals surface area contributed by atoms with Gasteiger partial charge in [0.2, 0.25) is 11.3 Å². The predicted molar refractivity (Wildman–Crippen MR) is 83.2 cm³/mol. The van der Waals surface area contributed by atoms with Gasteiger partial charge < -0.3 is 5.32 Å². The van der Waals surface area contributed by atoms with Gasteiger partial charge >= 0.3 is 0 Å². The predicted octanol–water partition coefficient (Wildman–Crippen LogP) is 2.78. The van der Waals surface area contributed by atoms with E-state index in [1.807, 2.05) is 12.1 Å². The highest BCUT2D eigenvalue weighted by Gasteiger charge is 2.08. The van der Waals surface area contributed by atoms with E-state index in [1.165, 1.54) is 24.8 Å². The summed E-state index contributed by atoms with van der Waals surface area (Å²) in [6, 6.07) is 7.99. The number of nitrogens with zero attached hydrogens (tertiary/aromatic N) is 3. The molecule has 2 N–H and O–H groups in total. The molecule has 0 aliphatic carbocycles. The fraction of sp³-hybridized carbons (Fsp3) is 0.333. The molecule has 2 aromatic heterocycles. The average Bonchev–Trinajstić information content (AvgIpc) is 2.97. The van der Waals surface area contributed by atoms with Crippen molar-refractivity contribution in [3.8, 4) is 0 Å². The zero-order valence-corrected chi connectivity index (χ0v) is 12.3. The van der Waals surface area contributed by atoms with Crippen molar-refractivity contribution in [2.24, 2.45) is 0 Å². The van der Waals surface area contributed by atoms with E-state index in [4.69, 9.17) is 0 Å². The summed E-state index contributed by atoms with van der Waals surface area (Å²) in [5.41, 5.74) is 2.22. The maximum atomic E-state index is 11.9. The molecule has 0 radical (unpaired) electrons. The van der Waals surface area contributed by atoms with E-state index >= 15 is 0 Å². The van der Waals surface area contributed by atoms with Crippen LogP contribution in [0.2, 0.25) is 0 Å². The molecule has 3 aromatic rings. The van der Waals surface area contributed by atoms with Gasteiger partial charge in [0.25, 0.3) is 5.56 Å². The number of H-pyrrole nitrogens is 1. The van der Waals surface area contributed by atoms with Gasteiger partial charge in [-0.25, -0.2) is 4.63 Å². The molecule has 22 heavy (non-hydrogen) atoms. The third-order valence-corrected chi connectivity index (χ3v) is 3.42. The second-order valence-electron chi connectivity index (χ2n) is 5.13. The number of anilines is 2. The Balaban J connectivity index is 1.74. The van der Waals surface area contributed by atoms with Crippen LogP contribution >= 0.6 is 0 Å². The molecule has 0 unspecified atom stereocenters. The molecule has 0 bridgehead atoms. The van der Waals surface area contributed by atoms with Crippen molar-refractivity contribution >= 4 is 22.8 Å². The van der Waals surface area contributed by atoms with E-state index in [2.05, 4.69) is 49.3 Å². The van der Waals surface area contributed by atoms with E-state index in [0.717, 1.165) is 12.1 Å². The number of aromatic nitrogens is 4. The number of hydrogen-bond acceptors (Lipinski definition) is 6. The minimum Gasteiger partial charge on any atom is -0.336 e. The molecule has 0 saturated heterocycles. The maximum absolute atomic E-state index is 11.9. The van der Waals surface area contributed by atoms with Crippen LogP contribution in [-0.4, -0.2) is 20.3 Å². The molecule has 1 aromatic carbocycles. The zero-order valence-electron chi connectivity index (χ0n) is 12.3. The molecular weight excluding hydrogens is 282 g/mol. The van der Waals surface area contributed by atoms with Gasteiger partial charge in [0.15, 0.2) is 5.82 Å². The van der Waals surface area contributed by atoms with Gasteiger partial charge in [0, 0.05) is 5.69 Å². The van der Waals surface area contributed by atoms with Crippen LogP contribution in [0.15, 0.2) is 33.7 Å². The van der Waals surface area contributed by atoms with Crippen LogP contribution in [0, 0.1) is 0 Å². The number of benzene rings is 1. The first-order valence-corrected chi connectivity index (χ1v) is 7.35. The van der Waals surface area contributed by atoms with Gasteiger partial charge in [-0.2, -0.15) is 4.98 Å². The average molecular weight is 299 g/mol. The van der Waals surface area contributed by atoms with Gasteiger partial charge in [-0.05, 0) is 40.9 Å². The van der Waals surface area contributed by atoms with Crippen LogP contribution < -0.4 is 10.9 Å². The Bertz CT molecular complexity index is 807. The maximum Gasteiger partial charge on any atom is 0.292 e. The Morgan fingerprint density at radius 2 is 2.00 bits per heavy atom. The van der Waals surface area contributed by atoms with Crippen molar-refractivity contribution in [2.45, 2.75) is 32.6 Å². The van der Waals surface area contributed by atoms with Crippen molar-refractivity contribution in [3.05, 3.63) is 40.2 Å². The van der Waals surface area contributed by atoms with Crippen molar-refractivity contribution in [1.82, 2.24) is 20.3 Å². The number of rotatable bonds is 6. The Labute approximate surface area is 126 Å². The van der Waals surface area contributed by atoms with Crippen LogP contribution in [0.25, 0.3) is 11.3 Å². The Morgan fingerprint density at radius 1 is 1.18 bits per heavy atom. The van der Waals surface area contributed by atoms with Crippen LogP contribution in [0.5, 0.6) is 0 Å². The normalized spacial score (nSPS) is 11.0. The molecule has 0 aliphatic rings. The molecule has 3 rings (SSSR count). The topological polar surface area (TPSA) is 96.7 Å². The summed E-state index contributed by atoms with van der Waals surface area (Å²) in [6.07, 6.45) is 4.72. The minimum absolute atomic E-state index is 0.168. The summed E-state index contributed by atoms with van der Waals surface area (Å²) >= 11 is 0. The van der Waals surface area contributed by atoms with Crippen LogP contribution in [0.4, 0.5) is 11.5 Å². The number of aromatic amines is 1. The van der Waals surface area contributed by atoms with Gasteiger partial charge in [-0.3, -0.25) is 9.78 Å². The molecule has 114 valence electrons. The van der Waals surface area contributed by atoms with E-state index in [0.29, 0.717) is 0 Å². The molecule has 7 heteroatoms. The van der Waals surface area contributed by atoms with Gasteiger partial charge in [-0.1, -0.05) is 31.9 Å². The molecule has 0 aliphatic heterocycles. The number of hydrogen-bond donors (Lipinski definition) is 2. The lowest BCUT2D eigenvalue weighted by atomic mass is 10.1. The van der Waals surface area contributed by atoms with Crippen molar-refractivity contribution < 1.29 is 4.63 Å². The molecular formula is C15H17N5O2. The second kappa shape index (κ2) is 6.38. The summed E-state index contributed by atoms with van der Waals surface area (Å²) < 4.78 is 4.53. The fourth-order valence-corrected chi connectivity index (χ4v) is 2.21. The monoisotopic (exact) mass is 299 g/mol. The van der Waals surface area contributed by atoms with E-state index in [9.17, 15) is 4.79 Å². The molecule has 7 nitrogen and oxygen atoms in total. The summed E-state index contributed by atoms with van der Waals surface area (Å²) in [5.74, 6) is 0.168. The van der Waals surface area contributed by atoms with Crippen LogP contribution in [0.1, 0.15) is 31.7 Å². The van der Waals surface area contributed by atoms with Crippen LogP contribution in [0.3, 0.4) is 0 Å². The smallest absolute Gasteiger partial charge is 0.292 e. The second-order valence-corrected chi connectivity index (χ2v) is 5.13. The summed E-state index contributed by atoms with van der Waals surface area (Å²) in [5, 5.41) is 10.1. The van der Waals surface area contributed by atoms with Crippen molar-refractivity contribution in [3.63, 3.8) is 0 Å². The number of aryl methyl sites for hydroxylation is 1. The first kappa shape index (κ1) is 14.2. The third-order valence-electron chi connectivity index (χ3n) is 3.42. The molecule has 2 heterocycles. The molecule has 0 amide bonds. The highest BCUT2D eigenvalue weighted by atomic mass is 16.6. The van der Waals surface area contributed by atoms with E-state index < -0.39 is 0 Å². The highest BCUT2D eigenvalue weighted by Crippen LogP contribution is 2.15. The van der Waals surface area contributed by atoms with Crippen molar-refractivity contribution in [1.29, 1.82) is 0 Å². The lowest BCUT2D eigenvalue weighted by Gasteiger charge is -2.06. The largest absolute Gasteiger partial charge is 0.336 e. The lowest BCUT2D eigenvalue weighted by molar-refractivity contribution is 0.314.